The highest BCUT2D eigenvalue weighted by atomic mass is 16.4. The molecule has 0 atom stereocenters. The van der Waals surface area contributed by atoms with Gasteiger partial charge in [0.2, 0.25) is 0 Å². The van der Waals surface area contributed by atoms with Crippen LogP contribution in [-0.4, -0.2) is 16.9 Å². The predicted molar refractivity (Wildman–Crippen MR) is 67.8 cm³/mol. The summed E-state index contributed by atoms with van der Waals surface area (Å²) in [7, 11) is 0. The molecule has 0 aromatic carbocycles. The summed E-state index contributed by atoms with van der Waals surface area (Å²) < 4.78 is 0. The number of unbranched alkanes of at least 4 members (excludes halogenated alkanes) is 6. The van der Waals surface area contributed by atoms with Crippen molar-refractivity contribution in [3.63, 3.8) is 0 Å². The van der Waals surface area contributed by atoms with E-state index in [1.807, 2.05) is 0 Å². The Kier molecular flexibility index (Phi) is 15.1. The molecule has 4 heteroatoms. The van der Waals surface area contributed by atoms with Gasteiger partial charge in [-0.3, -0.25) is 10.2 Å². The molecule has 0 fully saturated rings. The number of aliphatic carboxylic acids is 1. The van der Waals surface area contributed by atoms with Gasteiger partial charge in [-0.25, -0.2) is 0 Å². The first-order valence-electron chi connectivity index (χ1n) is 6.03. The molecule has 0 bridgehead atoms. The molecule has 0 aliphatic carbocycles. The highest BCUT2D eigenvalue weighted by Gasteiger charge is 1.91. The first-order chi connectivity index (χ1) is 7.50. The van der Waals surface area contributed by atoms with Crippen LogP contribution >= 0.6 is 0 Å². The predicted octanol–water partition coefficient (Wildman–Crippen LogP) is 3.15. The van der Waals surface area contributed by atoms with Gasteiger partial charge in [0, 0.05) is 13.3 Å². The summed E-state index contributed by atoms with van der Waals surface area (Å²) in [5.74, 6) is -0.497. The maximum Gasteiger partial charge on any atom is 0.300 e. The SMILES string of the molecule is CC(=O)O.CCCCCCCCCC(=N)N. The summed E-state index contributed by atoms with van der Waals surface area (Å²) in [6.45, 7) is 3.32. The second-order valence-electron chi connectivity index (χ2n) is 3.92. The van der Waals surface area contributed by atoms with Crippen molar-refractivity contribution in [1.29, 1.82) is 5.41 Å². The van der Waals surface area contributed by atoms with E-state index in [1.54, 1.807) is 0 Å². The maximum absolute atomic E-state index is 9.00. The van der Waals surface area contributed by atoms with Gasteiger partial charge in [0.25, 0.3) is 5.97 Å². The molecule has 0 saturated heterocycles. The lowest BCUT2D eigenvalue weighted by atomic mass is 10.1. The number of hydrogen-bond donors (Lipinski definition) is 3. The van der Waals surface area contributed by atoms with E-state index in [-0.39, 0.29) is 0 Å². The lowest BCUT2D eigenvalue weighted by Gasteiger charge is -1.99. The molecule has 0 aliphatic heterocycles. The fourth-order valence-electron chi connectivity index (χ4n) is 1.27. The number of carboxylic acids is 1. The van der Waals surface area contributed by atoms with E-state index in [1.165, 1.54) is 38.5 Å². The molecule has 16 heavy (non-hydrogen) atoms. The van der Waals surface area contributed by atoms with Crippen LogP contribution in [0.1, 0.15) is 65.2 Å². The van der Waals surface area contributed by atoms with Gasteiger partial charge in [-0.15, -0.1) is 0 Å². The molecule has 0 rings (SSSR count). The number of carbonyl (C=O) groups is 1. The zero-order valence-corrected chi connectivity index (χ0v) is 10.6. The molecule has 0 radical (unpaired) electrons. The van der Waals surface area contributed by atoms with E-state index >= 15 is 0 Å². The topological polar surface area (TPSA) is 87.2 Å². The van der Waals surface area contributed by atoms with Gasteiger partial charge >= 0.3 is 0 Å². The number of hydrogen-bond acceptors (Lipinski definition) is 2. The van der Waals surface area contributed by atoms with Crippen molar-refractivity contribution in [3.8, 4) is 0 Å². The Bertz CT molecular complexity index is 178. The molecule has 0 aromatic rings. The third-order valence-electron chi connectivity index (χ3n) is 2.05. The molecule has 0 aliphatic rings. The smallest absolute Gasteiger partial charge is 0.300 e. The first-order valence-corrected chi connectivity index (χ1v) is 6.03. The number of nitrogens with one attached hydrogen (secondary N) is 1. The van der Waals surface area contributed by atoms with E-state index < -0.39 is 5.97 Å². The third-order valence-corrected chi connectivity index (χ3v) is 2.05. The van der Waals surface area contributed by atoms with E-state index in [0.717, 1.165) is 19.8 Å². The van der Waals surface area contributed by atoms with Crippen molar-refractivity contribution in [1.82, 2.24) is 0 Å². The lowest BCUT2D eigenvalue weighted by Crippen LogP contribution is -2.08. The van der Waals surface area contributed by atoms with E-state index in [0.29, 0.717) is 5.84 Å². The average molecular weight is 230 g/mol. The van der Waals surface area contributed by atoms with Crippen LogP contribution in [0.2, 0.25) is 0 Å². The van der Waals surface area contributed by atoms with Crippen molar-refractivity contribution in [2.24, 2.45) is 5.73 Å². The second-order valence-corrected chi connectivity index (χ2v) is 3.92. The monoisotopic (exact) mass is 230 g/mol. The average Bonchev–Trinajstić information content (AvgIpc) is 2.15. The van der Waals surface area contributed by atoms with Gasteiger partial charge in [0.15, 0.2) is 0 Å². The molecule has 4 nitrogen and oxygen atoms in total. The second kappa shape index (κ2) is 13.9. The molecule has 96 valence electrons. The van der Waals surface area contributed by atoms with E-state index in [2.05, 4.69) is 6.92 Å². The van der Waals surface area contributed by atoms with Gasteiger partial charge < -0.3 is 10.8 Å². The lowest BCUT2D eigenvalue weighted by molar-refractivity contribution is -0.134. The normalized spacial score (nSPS) is 9.12. The minimum Gasteiger partial charge on any atom is -0.481 e. The maximum atomic E-state index is 9.00. The van der Waals surface area contributed by atoms with Crippen molar-refractivity contribution < 1.29 is 9.90 Å². The quantitative estimate of drug-likeness (QED) is 0.340. The number of nitrogens with two attached hydrogens (primary N) is 1. The molecule has 0 spiro atoms. The van der Waals surface area contributed by atoms with Crippen molar-refractivity contribution in [2.45, 2.75) is 65.2 Å². The molecule has 0 heterocycles. The van der Waals surface area contributed by atoms with Crippen LogP contribution in [0, 0.1) is 5.41 Å². The largest absolute Gasteiger partial charge is 0.481 e. The summed E-state index contributed by atoms with van der Waals surface area (Å²) >= 11 is 0. The van der Waals surface area contributed by atoms with Gasteiger partial charge in [-0.1, -0.05) is 45.4 Å². The minimum atomic E-state index is -0.833. The summed E-state index contributed by atoms with van der Waals surface area (Å²) in [6, 6.07) is 0. The van der Waals surface area contributed by atoms with Crippen LogP contribution in [0.25, 0.3) is 0 Å². The fourth-order valence-corrected chi connectivity index (χ4v) is 1.27. The zero-order chi connectivity index (χ0) is 12.8. The third kappa shape index (κ3) is 29.3. The number of carboxylic acid groups (broad SMARTS) is 1. The zero-order valence-electron chi connectivity index (χ0n) is 10.6. The standard InChI is InChI=1S/C10H22N2.C2H4O2/c1-2-3-4-5-6-7-8-9-10(11)12;1-2(3)4/h2-9H2,1H3,(H3,11,12);1H3,(H,3,4). The minimum absolute atomic E-state index is 0.337. The molecule has 4 N–H and O–H groups in total. The van der Waals surface area contributed by atoms with Crippen LogP contribution in [-0.2, 0) is 4.79 Å². The summed E-state index contributed by atoms with van der Waals surface area (Å²) in [4.78, 5) is 9.00. The highest BCUT2D eigenvalue weighted by molar-refractivity contribution is 5.76. The van der Waals surface area contributed by atoms with E-state index in [4.69, 9.17) is 21.0 Å². The Labute approximate surface area is 98.7 Å². The Morgan fingerprint density at radius 1 is 1.12 bits per heavy atom. The Morgan fingerprint density at radius 3 is 1.88 bits per heavy atom. The van der Waals surface area contributed by atoms with Crippen molar-refractivity contribution in [3.05, 3.63) is 0 Å². The van der Waals surface area contributed by atoms with Gasteiger partial charge in [-0.05, 0) is 6.42 Å². The number of amidine groups is 1. The van der Waals surface area contributed by atoms with Crippen LogP contribution in [0.3, 0.4) is 0 Å². The van der Waals surface area contributed by atoms with Crippen LogP contribution in [0.5, 0.6) is 0 Å². The van der Waals surface area contributed by atoms with Gasteiger partial charge in [0.05, 0.1) is 5.84 Å². The van der Waals surface area contributed by atoms with E-state index in [9.17, 15) is 0 Å². The summed E-state index contributed by atoms with van der Waals surface area (Å²) in [5.41, 5.74) is 5.24. The van der Waals surface area contributed by atoms with Crippen molar-refractivity contribution >= 4 is 11.8 Å². The summed E-state index contributed by atoms with van der Waals surface area (Å²) in [5, 5.41) is 14.4. The molecule has 0 saturated carbocycles. The van der Waals surface area contributed by atoms with Gasteiger partial charge in [0.1, 0.15) is 0 Å². The molecule has 0 unspecified atom stereocenters. The molecular weight excluding hydrogens is 204 g/mol. The Morgan fingerprint density at radius 2 is 1.50 bits per heavy atom. The Hall–Kier alpha value is -1.06. The van der Waals surface area contributed by atoms with Crippen molar-refractivity contribution in [2.75, 3.05) is 0 Å². The molecule has 0 amide bonds. The van der Waals surface area contributed by atoms with Crippen LogP contribution < -0.4 is 5.73 Å². The number of rotatable bonds is 8. The van der Waals surface area contributed by atoms with Crippen LogP contribution in [0.4, 0.5) is 0 Å². The highest BCUT2D eigenvalue weighted by Crippen LogP contribution is 2.07. The first kappa shape index (κ1) is 17.3. The fraction of sp³-hybridized carbons (Fsp3) is 0.833. The Balaban J connectivity index is 0. The summed E-state index contributed by atoms with van der Waals surface area (Å²) in [6.07, 6.45) is 9.84. The molecule has 0 aromatic heterocycles. The van der Waals surface area contributed by atoms with Crippen LogP contribution in [0.15, 0.2) is 0 Å². The molecular formula is C12H26N2O2. The van der Waals surface area contributed by atoms with Gasteiger partial charge in [-0.2, -0.15) is 0 Å².